The van der Waals surface area contributed by atoms with Crippen LogP contribution in [0.25, 0.3) is 10.9 Å². The van der Waals surface area contributed by atoms with E-state index in [1.807, 2.05) is 0 Å². The van der Waals surface area contributed by atoms with E-state index in [4.69, 9.17) is 4.74 Å². The van der Waals surface area contributed by atoms with Crippen molar-refractivity contribution >= 4 is 34.2 Å². The van der Waals surface area contributed by atoms with Gasteiger partial charge in [0.1, 0.15) is 5.69 Å². The quantitative estimate of drug-likeness (QED) is 0.412. The van der Waals surface area contributed by atoms with Gasteiger partial charge in [-0.1, -0.05) is 30.3 Å². The minimum atomic E-state index is -1.17. The molecule has 0 aliphatic heterocycles. The summed E-state index contributed by atoms with van der Waals surface area (Å²) < 4.78 is 5.13. The number of hydrogen-bond acceptors (Lipinski definition) is 6. The molecule has 1 aromatic heterocycles. The van der Waals surface area contributed by atoms with Crippen LogP contribution in [-0.4, -0.2) is 33.1 Å². The van der Waals surface area contributed by atoms with Crippen molar-refractivity contribution in [2.45, 2.75) is 13.0 Å². The van der Waals surface area contributed by atoms with Gasteiger partial charge in [-0.2, -0.15) is 5.10 Å². The monoisotopic (exact) mass is 354 g/mol. The molecule has 9 heteroatoms. The van der Waals surface area contributed by atoms with Crippen LogP contribution >= 0.6 is 0 Å². The Bertz CT molecular complexity index is 997. The molecule has 1 atom stereocenters. The second-order valence-electron chi connectivity index (χ2n) is 5.43. The van der Waals surface area contributed by atoms with Gasteiger partial charge in [-0.3, -0.25) is 20.0 Å². The molecule has 26 heavy (non-hydrogen) atoms. The number of hydrogen-bond donors (Lipinski definition) is 2. The van der Waals surface area contributed by atoms with Gasteiger partial charge in [-0.25, -0.2) is 4.79 Å². The molecule has 0 aliphatic carbocycles. The molecule has 0 fully saturated rings. The molecule has 3 aromatic rings. The lowest BCUT2D eigenvalue weighted by molar-refractivity contribution is -0.383. The summed E-state index contributed by atoms with van der Waals surface area (Å²) in [4.78, 5) is 34.9. The van der Waals surface area contributed by atoms with E-state index >= 15 is 0 Å². The van der Waals surface area contributed by atoms with E-state index in [-0.39, 0.29) is 17.1 Å². The SMILES string of the molecule is C[C@@H](OC(=O)c1n[nH]c2ccccc12)C(=O)Nc1ccccc1[N+](=O)[O-]. The molecule has 2 N–H and O–H groups in total. The molecule has 1 heterocycles. The number of fused-ring (bicyclic) bond motifs is 1. The number of ether oxygens (including phenoxy) is 1. The first kappa shape index (κ1) is 17.1. The van der Waals surface area contributed by atoms with E-state index in [1.54, 1.807) is 30.3 Å². The Labute approximate surface area is 147 Å². The number of nitrogens with one attached hydrogen (secondary N) is 2. The summed E-state index contributed by atoms with van der Waals surface area (Å²) in [5.74, 6) is -1.46. The third kappa shape index (κ3) is 3.36. The van der Waals surface area contributed by atoms with Crippen molar-refractivity contribution in [2.75, 3.05) is 5.32 Å². The summed E-state index contributed by atoms with van der Waals surface area (Å²) in [6.07, 6.45) is -1.17. The Morgan fingerprint density at radius 2 is 1.88 bits per heavy atom. The molecule has 3 rings (SSSR count). The molecular weight excluding hydrogens is 340 g/mol. The second kappa shape index (κ2) is 7.01. The number of aromatic nitrogens is 2. The van der Waals surface area contributed by atoms with Crippen LogP contribution in [0.3, 0.4) is 0 Å². The number of benzene rings is 2. The minimum Gasteiger partial charge on any atom is -0.448 e. The topological polar surface area (TPSA) is 127 Å². The zero-order valence-corrected chi connectivity index (χ0v) is 13.6. The first-order chi connectivity index (χ1) is 12.5. The first-order valence-corrected chi connectivity index (χ1v) is 7.65. The number of amides is 1. The number of nitro groups is 1. The molecule has 132 valence electrons. The number of aromatic amines is 1. The fourth-order valence-corrected chi connectivity index (χ4v) is 2.36. The van der Waals surface area contributed by atoms with Gasteiger partial charge >= 0.3 is 5.97 Å². The Kier molecular flexibility index (Phi) is 4.61. The maximum Gasteiger partial charge on any atom is 0.360 e. The third-order valence-electron chi connectivity index (χ3n) is 3.68. The Morgan fingerprint density at radius 3 is 2.65 bits per heavy atom. The van der Waals surface area contributed by atoms with Crippen molar-refractivity contribution < 1.29 is 19.2 Å². The number of nitro benzene ring substituents is 1. The average Bonchev–Trinajstić information content (AvgIpc) is 3.06. The van der Waals surface area contributed by atoms with Crippen molar-refractivity contribution in [1.29, 1.82) is 0 Å². The van der Waals surface area contributed by atoms with Crippen LogP contribution in [0.1, 0.15) is 17.4 Å². The van der Waals surface area contributed by atoms with E-state index in [9.17, 15) is 19.7 Å². The summed E-state index contributed by atoms with van der Waals surface area (Å²) in [7, 11) is 0. The predicted octanol–water partition coefficient (Wildman–Crippen LogP) is 2.66. The van der Waals surface area contributed by atoms with E-state index in [2.05, 4.69) is 15.5 Å². The van der Waals surface area contributed by atoms with Crippen LogP contribution in [0.5, 0.6) is 0 Å². The average molecular weight is 354 g/mol. The van der Waals surface area contributed by atoms with E-state index in [0.717, 1.165) is 0 Å². The molecule has 2 aromatic carbocycles. The molecule has 0 unspecified atom stereocenters. The summed E-state index contributed by atoms with van der Waals surface area (Å²) in [5.41, 5.74) is 0.496. The normalized spacial score (nSPS) is 11.7. The molecule has 9 nitrogen and oxygen atoms in total. The Morgan fingerprint density at radius 1 is 1.19 bits per heavy atom. The highest BCUT2D eigenvalue weighted by molar-refractivity contribution is 6.03. The predicted molar refractivity (Wildman–Crippen MR) is 92.7 cm³/mol. The number of esters is 1. The van der Waals surface area contributed by atoms with Gasteiger partial charge in [0.15, 0.2) is 11.8 Å². The molecule has 0 spiro atoms. The number of para-hydroxylation sites is 3. The number of nitrogens with zero attached hydrogens (tertiary/aromatic N) is 2. The maximum absolute atomic E-state index is 12.3. The van der Waals surface area contributed by atoms with Gasteiger partial charge in [-0.05, 0) is 19.1 Å². The smallest absolute Gasteiger partial charge is 0.360 e. The zero-order chi connectivity index (χ0) is 18.7. The second-order valence-corrected chi connectivity index (χ2v) is 5.43. The molecule has 1 amide bonds. The third-order valence-corrected chi connectivity index (χ3v) is 3.68. The van der Waals surface area contributed by atoms with Gasteiger partial charge in [0.25, 0.3) is 11.6 Å². The van der Waals surface area contributed by atoms with Gasteiger partial charge in [-0.15, -0.1) is 0 Å². The Balaban J connectivity index is 1.72. The van der Waals surface area contributed by atoms with Crippen molar-refractivity contribution in [1.82, 2.24) is 10.2 Å². The highest BCUT2D eigenvalue weighted by Crippen LogP contribution is 2.23. The summed E-state index contributed by atoms with van der Waals surface area (Å²) in [5, 5.41) is 20.6. The van der Waals surface area contributed by atoms with Gasteiger partial charge in [0, 0.05) is 11.5 Å². The van der Waals surface area contributed by atoms with Gasteiger partial charge in [0.05, 0.1) is 10.4 Å². The number of H-pyrrole nitrogens is 1. The minimum absolute atomic E-state index is 0.0237. The fourth-order valence-electron chi connectivity index (χ4n) is 2.36. The summed E-state index contributed by atoms with van der Waals surface area (Å²) >= 11 is 0. The van der Waals surface area contributed by atoms with Crippen LogP contribution in [0.2, 0.25) is 0 Å². The van der Waals surface area contributed by atoms with E-state index in [1.165, 1.54) is 25.1 Å². The zero-order valence-electron chi connectivity index (χ0n) is 13.6. The molecule has 0 saturated heterocycles. The van der Waals surface area contributed by atoms with Crippen molar-refractivity contribution in [2.24, 2.45) is 0 Å². The van der Waals surface area contributed by atoms with E-state index in [0.29, 0.717) is 10.9 Å². The lowest BCUT2D eigenvalue weighted by atomic mass is 10.2. The van der Waals surface area contributed by atoms with Gasteiger partial charge < -0.3 is 10.1 Å². The number of carbonyl (C=O) groups excluding carboxylic acids is 2. The summed E-state index contributed by atoms with van der Waals surface area (Å²) in [6, 6.07) is 12.7. The van der Waals surface area contributed by atoms with Crippen molar-refractivity contribution in [3.8, 4) is 0 Å². The van der Waals surface area contributed by atoms with Crippen LogP contribution in [0.15, 0.2) is 48.5 Å². The standard InChI is InChI=1S/C17H14N4O5/c1-10(16(22)18-13-8-4-5-9-14(13)21(24)25)26-17(23)15-11-6-2-3-7-12(11)19-20-15/h2-10H,1H3,(H,18,22)(H,19,20)/t10-/m1/s1. The highest BCUT2D eigenvalue weighted by atomic mass is 16.6. The molecule has 0 bridgehead atoms. The number of carbonyl (C=O) groups is 2. The summed E-state index contributed by atoms with van der Waals surface area (Å²) in [6.45, 7) is 1.37. The molecule has 0 saturated carbocycles. The Hall–Kier alpha value is -3.75. The number of rotatable bonds is 5. The van der Waals surface area contributed by atoms with Crippen LogP contribution in [0.4, 0.5) is 11.4 Å². The van der Waals surface area contributed by atoms with Crippen LogP contribution < -0.4 is 5.32 Å². The van der Waals surface area contributed by atoms with Gasteiger partial charge in [0.2, 0.25) is 0 Å². The van der Waals surface area contributed by atoms with Crippen LogP contribution in [-0.2, 0) is 9.53 Å². The lowest BCUT2D eigenvalue weighted by Crippen LogP contribution is -2.30. The number of anilines is 1. The largest absolute Gasteiger partial charge is 0.448 e. The molecule has 0 aliphatic rings. The highest BCUT2D eigenvalue weighted by Gasteiger charge is 2.24. The first-order valence-electron chi connectivity index (χ1n) is 7.65. The van der Waals surface area contributed by atoms with Crippen LogP contribution in [0, 0.1) is 10.1 Å². The fraction of sp³-hybridized carbons (Fsp3) is 0.118. The maximum atomic E-state index is 12.3. The lowest BCUT2D eigenvalue weighted by Gasteiger charge is -2.13. The van der Waals surface area contributed by atoms with E-state index < -0.39 is 22.9 Å². The van der Waals surface area contributed by atoms with Crippen molar-refractivity contribution in [3.05, 3.63) is 64.3 Å². The van der Waals surface area contributed by atoms with Crippen molar-refractivity contribution in [3.63, 3.8) is 0 Å². The molecule has 0 radical (unpaired) electrons. The molecular formula is C17H14N4O5.